The zero-order valence-corrected chi connectivity index (χ0v) is 16.9. The Balaban J connectivity index is 1.52. The van der Waals surface area contributed by atoms with E-state index in [9.17, 15) is 9.90 Å². The summed E-state index contributed by atoms with van der Waals surface area (Å²) < 4.78 is 5.18. The predicted octanol–water partition coefficient (Wildman–Crippen LogP) is 3.94. The van der Waals surface area contributed by atoms with Crippen molar-refractivity contribution in [1.82, 2.24) is 9.88 Å². The molecule has 6 heteroatoms. The van der Waals surface area contributed by atoms with E-state index in [2.05, 4.69) is 4.98 Å². The second-order valence-corrected chi connectivity index (χ2v) is 7.50. The normalized spacial score (nSPS) is 11.8. The Morgan fingerprint density at radius 3 is 2.75 bits per heavy atom. The zero-order chi connectivity index (χ0) is 19.9. The van der Waals surface area contributed by atoms with Crippen LogP contribution in [0.5, 0.6) is 5.75 Å². The predicted molar refractivity (Wildman–Crippen MR) is 111 cm³/mol. The van der Waals surface area contributed by atoms with Gasteiger partial charge in [0, 0.05) is 30.8 Å². The van der Waals surface area contributed by atoms with Crippen molar-refractivity contribution in [3.63, 3.8) is 0 Å². The van der Waals surface area contributed by atoms with Crippen molar-refractivity contribution >= 4 is 17.2 Å². The van der Waals surface area contributed by atoms with Gasteiger partial charge in [0.15, 0.2) is 0 Å². The summed E-state index contributed by atoms with van der Waals surface area (Å²) in [5.41, 5.74) is 2.75. The number of nitrogens with zero attached hydrogens (tertiary/aromatic N) is 2. The van der Waals surface area contributed by atoms with Crippen molar-refractivity contribution in [2.45, 2.75) is 18.9 Å². The smallest absolute Gasteiger partial charge is 0.222 e. The first-order chi connectivity index (χ1) is 13.6. The number of carbonyl (C=O) groups excluding carboxylic acids is 1. The van der Waals surface area contributed by atoms with E-state index in [-0.39, 0.29) is 12.5 Å². The molecule has 0 aliphatic heterocycles. The number of aryl methyl sites for hydroxylation is 1. The Labute approximate surface area is 169 Å². The SMILES string of the molecule is COc1cccc(C(O)CN(C)C(=O)CCc2nc(-c3ccccc3)cs2)c1. The molecule has 1 amide bonds. The minimum atomic E-state index is -0.756. The highest BCUT2D eigenvalue weighted by molar-refractivity contribution is 7.09. The van der Waals surface area contributed by atoms with Gasteiger partial charge in [-0.05, 0) is 17.7 Å². The second-order valence-electron chi connectivity index (χ2n) is 6.56. The number of hydrogen-bond donors (Lipinski definition) is 1. The molecule has 3 rings (SSSR count). The standard InChI is InChI=1S/C22H24N2O3S/c1-24(14-20(25)17-9-6-10-18(13-17)27-2)22(26)12-11-21-23-19(15-28-21)16-7-4-3-5-8-16/h3-10,13,15,20,25H,11-12,14H2,1-2H3. The molecule has 0 saturated carbocycles. The minimum Gasteiger partial charge on any atom is -0.497 e. The molecule has 1 heterocycles. The maximum absolute atomic E-state index is 12.5. The van der Waals surface area contributed by atoms with Crippen LogP contribution in [0.15, 0.2) is 60.0 Å². The van der Waals surface area contributed by atoms with Crippen LogP contribution in [-0.4, -0.2) is 41.6 Å². The van der Waals surface area contributed by atoms with Crippen molar-refractivity contribution in [3.8, 4) is 17.0 Å². The van der Waals surface area contributed by atoms with Crippen LogP contribution < -0.4 is 4.74 Å². The Hall–Kier alpha value is -2.70. The van der Waals surface area contributed by atoms with Gasteiger partial charge in [-0.2, -0.15) is 0 Å². The van der Waals surface area contributed by atoms with Gasteiger partial charge in [-0.15, -0.1) is 11.3 Å². The molecule has 0 radical (unpaired) electrons. The van der Waals surface area contributed by atoms with E-state index in [1.165, 1.54) is 0 Å². The summed E-state index contributed by atoms with van der Waals surface area (Å²) in [5, 5.41) is 13.4. The molecular weight excluding hydrogens is 372 g/mol. The van der Waals surface area contributed by atoms with Gasteiger partial charge in [0.1, 0.15) is 5.75 Å². The van der Waals surface area contributed by atoms with Crippen molar-refractivity contribution in [2.24, 2.45) is 0 Å². The monoisotopic (exact) mass is 396 g/mol. The van der Waals surface area contributed by atoms with Gasteiger partial charge in [0.2, 0.25) is 5.91 Å². The van der Waals surface area contributed by atoms with Crippen molar-refractivity contribution in [1.29, 1.82) is 0 Å². The van der Waals surface area contributed by atoms with Crippen LogP contribution in [0.4, 0.5) is 0 Å². The molecule has 0 aliphatic rings. The fourth-order valence-corrected chi connectivity index (χ4v) is 3.69. The summed E-state index contributed by atoms with van der Waals surface area (Å²) in [7, 11) is 3.30. The number of ether oxygens (including phenoxy) is 1. The number of hydrogen-bond acceptors (Lipinski definition) is 5. The van der Waals surface area contributed by atoms with Gasteiger partial charge in [0.05, 0.1) is 30.5 Å². The molecule has 5 nitrogen and oxygen atoms in total. The highest BCUT2D eigenvalue weighted by Crippen LogP contribution is 2.23. The lowest BCUT2D eigenvalue weighted by Gasteiger charge is -2.21. The third kappa shape index (κ3) is 5.18. The first kappa shape index (κ1) is 20.0. The fourth-order valence-electron chi connectivity index (χ4n) is 2.89. The van der Waals surface area contributed by atoms with Gasteiger partial charge >= 0.3 is 0 Å². The number of aromatic nitrogens is 1. The summed E-state index contributed by atoms with van der Waals surface area (Å²) in [4.78, 5) is 18.6. The van der Waals surface area contributed by atoms with Gasteiger partial charge in [-0.1, -0.05) is 42.5 Å². The summed E-state index contributed by atoms with van der Waals surface area (Å²) >= 11 is 1.57. The molecule has 2 aromatic carbocycles. The Bertz CT molecular complexity index is 911. The van der Waals surface area contributed by atoms with Crippen molar-refractivity contribution in [3.05, 3.63) is 70.5 Å². The lowest BCUT2D eigenvalue weighted by molar-refractivity contribution is -0.131. The molecule has 0 spiro atoms. The number of benzene rings is 2. The third-order valence-electron chi connectivity index (χ3n) is 4.53. The highest BCUT2D eigenvalue weighted by Gasteiger charge is 2.16. The fraction of sp³-hybridized carbons (Fsp3) is 0.273. The van der Waals surface area contributed by atoms with Crippen LogP contribution in [0.25, 0.3) is 11.3 Å². The van der Waals surface area contributed by atoms with E-state index in [4.69, 9.17) is 4.74 Å². The first-order valence-electron chi connectivity index (χ1n) is 9.12. The Kier molecular flexibility index (Phi) is 6.79. The van der Waals surface area contributed by atoms with Gasteiger partial charge < -0.3 is 14.7 Å². The molecule has 146 valence electrons. The van der Waals surface area contributed by atoms with Gasteiger partial charge in [-0.3, -0.25) is 4.79 Å². The molecule has 0 fully saturated rings. The lowest BCUT2D eigenvalue weighted by atomic mass is 10.1. The molecule has 28 heavy (non-hydrogen) atoms. The quantitative estimate of drug-likeness (QED) is 0.626. The van der Waals surface area contributed by atoms with E-state index < -0.39 is 6.10 Å². The number of rotatable bonds is 8. The van der Waals surface area contributed by atoms with E-state index in [1.807, 2.05) is 53.9 Å². The lowest BCUT2D eigenvalue weighted by Crippen LogP contribution is -2.31. The number of aliphatic hydroxyl groups is 1. The van der Waals surface area contributed by atoms with Crippen LogP contribution >= 0.6 is 11.3 Å². The number of aliphatic hydroxyl groups excluding tert-OH is 1. The molecule has 0 aliphatic carbocycles. The van der Waals surface area contributed by atoms with Crippen LogP contribution in [0.1, 0.15) is 23.1 Å². The second kappa shape index (κ2) is 9.48. The van der Waals surface area contributed by atoms with Crippen molar-refractivity contribution < 1.29 is 14.6 Å². The van der Waals surface area contributed by atoms with Crippen LogP contribution in [0.3, 0.4) is 0 Å². The maximum atomic E-state index is 12.5. The molecule has 0 saturated heterocycles. The molecule has 3 aromatic rings. The van der Waals surface area contributed by atoms with E-state index in [1.54, 1.807) is 36.5 Å². The number of thiazole rings is 1. The molecule has 0 bridgehead atoms. The molecular formula is C22H24N2O3S. The average Bonchev–Trinajstić information content (AvgIpc) is 3.21. The Morgan fingerprint density at radius 2 is 2.00 bits per heavy atom. The van der Waals surface area contributed by atoms with Crippen LogP contribution in [-0.2, 0) is 11.2 Å². The average molecular weight is 397 g/mol. The minimum absolute atomic E-state index is 0.0154. The van der Waals surface area contributed by atoms with Gasteiger partial charge in [-0.25, -0.2) is 4.98 Å². The summed E-state index contributed by atoms with van der Waals surface area (Å²) in [6, 6.07) is 17.3. The largest absolute Gasteiger partial charge is 0.497 e. The van der Waals surface area contributed by atoms with Crippen molar-refractivity contribution in [2.75, 3.05) is 20.7 Å². The molecule has 1 N–H and O–H groups in total. The summed E-state index contributed by atoms with van der Waals surface area (Å²) in [5.74, 6) is 0.668. The maximum Gasteiger partial charge on any atom is 0.222 e. The number of likely N-dealkylation sites (N-methyl/N-ethyl adjacent to an activating group) is 1. The zero-order valence-electron chi connectivity index (χ0n) is 16.0. The van der Waals surface area contributed by atoms with E-state index in [0.29, 0.717) is 18.6 Å². The number of amides is 1. The topological polar surface area (TPSA) is 62.7 Å². The molecule has 1 atom stereocenters. The van der Waals surface area contributed by atoms with E-state index in [0.717, 1.165) is 21.8 Å². The van der Waals surface area contributed by atoms with Crippen LogP contribution in [0, 0.1) is 0 Å². The first-order valence-corrected chi connectivity index (χ1v) is 10.0. The molecule has 1 aromatic heterocycles. The third-order valence-corrected chi connectivity index (χ3v) is 5.43. The summed E-state index contributed by atoms with van der Waals surface area (Å²) in [6.07, 6.45) is 0.201. The molecule has 1 unspecified atom stereocenters. The Morgan fingerprint density at radius 1 is 1.21 bits per heavy atom. The van der Waals surface area contributed by atoms with Crippen LogP contribution in [0.2, 0.25) is 0 Å². The number of methoxy groups -OCH3 is 1. The number of carbonyl (C=O) groups is 1. The van der Waals surface area contributed by atoms with Gasteiger partial charge in [0.25, 0.3) is 0 Å². The highest BCUT2D eigenvalue weighted by atomic mass is 32.1. The van der Waals surface area contributed by atoms with E-state index >= 15 is 0 Å². The summed E-state index contributed by atoms with van der Waals surface area (Å²) in [6.45, 7) is 0.235.